The smallest absolute Gasteiger partial charge is 0.305 e. The number of aliphatic carboxylic acids is 1. The summed E-state index contributed by atoms with van der Waals surface area (Å²) in [7, 11) is 3.37. The number of rotatable bonds is 4. The molecule has 0 aliphatic carbocycles. The second kappa shape index (κ2) is 4.63. The van der Waals surface area contributed by atoms with Gasteiger partial charge in [-0.05, 0) is 12.1 Å². The quantitative estimate of drug-likeness (QED) is 0.790. The Morgan fingerprint density at radius 2 is 2.20 bits per heavy atom. The number of hydrogen-bond acceptors (Lipinski definition) is 2. The molecule has 0 unspecified atom stereocenters. The Balaban J connectivity index is 2.61. The largest absolute Gasteiger partial charge is 0.481 e. The summed E-state index contributed by atoms with van der Waals surface area (Å²) in [6, 6.07) is 3.48. The van der Waals surface area contributed by atoms with Crippen molar-refractivity contribution in [2.24, 2.45) is 7.05 Å². The van der Waals surface area contributed by atoms with E-state index in [0.717, 1.165) is 0 Å². The van der Waals surface area contributed by atoms with E-state index in [2.05, 4.69) is 0 Å². The monoisotopic (exact) mass is 210 g/mol. The van der Waals surface area contributed by atoms with Gasteiger partial charge in [0.15, 0.2) is 0 Å². The molecular weight excluding hydrogens is 196 g/mol. The van der Waals surface area contributed by atoms with Gasteiger partial charge in [-0.1, -0.05) is 0 Å². The van der Waals surface area contributed by atoms with E-state index < -0.39 is 5.97 Å². The Hall–Kier alpha value is -1.78. The van der Waals surface area contributed by atoms with Crippen LogP contribution in [0.15, 0.2) is 18.3 Å². The predicted molar refractivity (Wildman–Crippen MR) is 54.6 cm³/mol. The van der Waals surface area contributed by atoms with Gasteiger partial charge in [-0.25, -0.2) is 0 Å². The van der Waals surface area contributed by atoms with Crippen molar-refractivity contribution in [3.8, 4) is 0 Å². The van der Waals surface area contributed by atoms with Crippen molar-refractivity contribution in [1.29, 1.82) is 0 Å². The highest BCUT2D eigenvalue weighted by Crippen LogP contribution is 2.04. The number of carboxylic acids is 1. The van der Waals surface area contributed by atoms with E-state index in [4.69, 9.17) is 5.11 Å². The predicted octanol–water partition coefficient (Wildman–Crippen LogP) is 0.572. The first-order valence-corrected chi connectivity index (χ1v) is 4.61. The van der Waals surface area contributed by atoms with E-state index in [1.54, 1.807) is 37.0 Å². The number of carbonyl (C=O) groups excluding carboxylic acids is 1. The fourth-order valence-electron chi connectivity index (χ4n) is 1.24. The highest BCUT2D eigenvalue weighted by atomic mass is 16.4. The highest BCUT2D eigenvalue weighted by molar-refractivity contribution is 5.92. The number of carboxylic acid groups (broad SMARTS) is 1. The van der Waals surface area contributed by atoms with E-state index in [1.807, 2.05) is 0 Å². The van der Waals surface area contributed by atoms with Gasteiger partial charge in [0.2, 0.25) is 0 Å². The van der Waals surface area contributed by atoms with Gasteiger partial charge in [-0.2, -0.15) is 0 Å². The molecule has 0 saturated carbocycles. The topological polar surface area (TPSA) is 62.5 Å². The van der Waals surface area contributed by atoms with Crippen LogP contribution in [0.25, 0.3) is 0 Å². The normalized spacial score (nSPS) is 10.0. The lowest BCUT2D eigenvalue weighted by molar-refractivity contribution is -0.137. The molecule has 0 bridgehead atoms. The summed E-state index contributed by atoms with van der Waals surface area (Å²) in [5.41, 5.74) is 0.558. The molecule has 1 aromatic heterocycles. The van der Waals surface area contributed by atoms with Crippen LogP contribution >= 0.6 is 0 Å². The fourth-order valence-corrected chi connectivity index (χ4v) is 1.24. The van der Waals surface area contributed by atoms with Crippen molar-refractivity contribution in [2.75, 3.05) is 13.6 Å². The molecule has 82 valence electrons. The van der Waals surface area contributed by atoms with E-state index in [9.17, 15) is 9.59 Å². The highest BCUT2D eigenvalue weighted by Gasteiger charge is 2.14. The molecule has 1 N–H and O–H groups in total. The third-order valence-corrected chi connectivity index (χ3v) is 2.17. The van der Waals surface area contributed by atoms with Crippen molar-refractivity contribution >= 4 is 11.9 Å². The van der Waals surface area contributed by atoms with Crippen LogP contribution in [0.4, 0.5) is 0 Å². The molecule has 5 nitrogen and oxygen atoms in total. The van der Waals surface area contributed by atoms with Crippen molar-refractivity contribution in [3.63, 3.8) is 0 Å². The molecular formula is C10H14N2O3. The first-order valence-electron chi connectivity index (χ1n) is 4.61. The maximum Gasteiger partial charge on any atom is 0.305 e. The Bertz CT molecular complexity index is 370. The summed E-state index contributed by atoms with van der Waals surface area (Å²) in [5.74, 6) is -1.06. The van der Waals surface area contributed by atoms with Crippen LogP contribution in [0.3, 0.4) is 0 Å². The van der Waals surface area contributed by atoms with Gasteiger partial charge in [-0.3, -0.25) is 9.59 Å². The van der Waals surface area contributed by atoms with Gasteiger partial charge in [-0.15, -0.1) is 0 Å². The molecule has 1 rings (SSSR count). The summed E-state index contributed by atoms with van der Waals surface area (Å²) >= 11 is 0. The third kappa shape index (κ3) is 2.83. The molecule has 0 aliphatic rings. The lowest BCUT2D eigenvalue weighted by Gasteiger charge is -2.16. The molecule has 0 radical (unpaired) electrons. The van der Waals surface area contributed by atoms with Crippen molar-refractivity contribution < 1.29 is 14.7 Å². The molecule has 1 heterocycles. The van der Waals surface area contributed by atoms with Crippen LogP contribution in [0.5, 0.6) is 0 Å². The number of amides is 1. The summed E-state index contributed by atoms with van der Waals surface area (Å²) in [6.45, 7) is 0.222. The van der Waals surface area contributed by atoms with Gasteiger partial charge >= 0.3 is 5.97 Å². The minimum absolute atomic E-state index is 0.0351. The second-order valence-corrected chi connectivity index (χ2v) is 3.37. The molecule has 5 heteroatoms. The van der Waals surface area contributed by atoms with Gasteiger partial charge < -0.3 is 14.6 Å². The van der Waals surface area contributed by atoms with E-state index in [-0.39, 0.29) is 18.9 Å². The summed E-state index contributed by atoms with van der Waals surface area (Å²) in [5, 5.41) is 8.49. The molecule has 1 aromatic rings. The van der Waals surface area contributed by atoms with Gasteiger partial charge in [0.05, 0.1) is 6.42 Å². The molecule has 0 spiro atoms. The van der Waals surface area contributed by atoms with E-state index >= 15 is 0 Å². The van der Waals surface area contributed by atoms with Crippen LogP contribution in [0.1, 0.15) is 16.9 Å². The maximum absolute atomic E-state index is 11.8. The lowest BCUT2D eigenvalue weighted by atomic mass is 10.3. The number of hydrogen-bond donors (Lipinski definition) is 1. The van der Waals surface area contributed by atoms with E-state index in [1.165, 1.54) is 4.90 Å². The zero-order valence-electron chi connectivity index (χ0n) is 8.80. The minimum atomic E-state index is -0.901. The van der Waals surface area contributed by atoms with Gasteiger partial charge in [0, 0.05) is 26.8 Å². The Kier molecular flexibility index (Phi) is 3.49. The van der Waals surface area contributed by atoms with Crippen molar-refractivity contribution in [1.82, 2.24) is 9.47 Å². The summed E-state index contributed by atoms with van der Waals surface area (Å²) in [6.07, 6.45) is 1.74. The summed E-state index contributed by atoms with van der Waals surface area (Å²) in [4.78, 5) is 23.5. The van der Waals surface area contributed by atoms with Crippen LogP contribution in [0, 0.1) is 0 Å². The number of aromatic nitrogens is 1. The number of aryl methyl sites for hydroxylation is 1. The van der Waals surface area contributed by atoms with Crippen LogP contribution in [0.2, 0.25) is 0 Å². The zero-order chi connectivity index (χ0) is 11.4. The van der Waals surface area contributed by atoms with Crippen molar-refractivity contribution in [2.45, 2.75) is 6.42 Å². The molecule has 0 aromatic carbocycles. The molecule has 0 saturated heterocycles. The molecule has 0 fully saturated rings. The third-order valence-electron chi connectivity index (χ3n) is 2.17. The lowest BCUT2D eigenvalue weighted by Crippen LogP contribution is -2.30. The SMILES string of the molecule is CN(CCC(=O)O)C(=O)c1cccn1C. The fraction of sp³-hybridized carbons (Fsp3) is 0.400. The average Bonchev–Trinajstić information content (AvgIpc) is 2.59. The first kappa shape index (κ1) is 11.3. The van der Waals surface area contributed by atoms with Gasteiger partial charge in [0.1, 0.15) is 5.69 Å². The average molecular weight is 210 g/mol. The Labute approximate surface area is 87.9 Å². The molecule has 15 heavy (non-hydrogen) atoms. The molecule has 0 atom stereocenters. The van der Waals surface area contributed by atoms with Gasteiger partial charge in [0.25, 0.3) is 5.91 Å². The van der Waals surface area contributed by atoms with Crippen LogP contribution in [-0.2, 0) is 11.8 Å². The number of carbonyl (C=O) groups is 2. The first-order chi connectivity index (χ1) is 7.02. The Morgan fingerprint density at radius 1 is 1.53 bits per heavy atom. The second-order valence-electron chi connectivity index (χ2n) is 3.37. The number of nitrogens with zero attached hydrogens (tertiary/aromatic N) is 2. The maximum atomic E-state index is 11.8. The summed E-state index contributed by atoms with van der Waals surface area (Å²) < 4.78 is 1.71. The van der Waals surface area contributed by atoms with Crippen LogP contribution < -0.4 is 0 Å². The molecule has 1 amide bonds. The minimum Gasteiger partial charge on any atom is -0.481 e. The Morgan fingerprint density at radius 3 is 2.67 bits per heavy atom. The molecule has 0 aliphatic heterocycles. The zero-order valence-corrected chi connectivity index (χ0v) is 8.80. The van der Waals surface area contributed by atoms with Crippen LogP contribution in [-0.4, -0.2) is 40.0 Å². The van der Waals surface area contributed by atoms with E-state index in [0.29, 0.717) is 5.69 Å². The van der Waals surface area contributed by atoms with Crippen molar-refractivity contribution in [3.05, 3.63) is 24.0 Å². The standard InChI is InChI=1S/C10H14N2O3/c1-11-6-3-4-8(11)10(15)12(2)7-5-9(13)14/h3-4,6H,5,7H2,1-2H3,(H,13,14).